The SMILES string of the molecule is CCCS(=O)(=O)c1ccc(C(=O)O)o1. The smallest absolute Gasteiger partial charge is 0.371 e. The molecule has 78 valence electrons. The van der Waals surface area contributed by atoms with Gasteiger partial charge in [0.1, 0.15) is 0 Å². The molecule has 0 radical (unpaired) electrons. The van der Waals surface area contributed by atoms with Gasteiger partial charge in [0.2, 0.25) is 20.7 Å². The average molecular weight is 218 g/mol. The van der Waals surface area contributed by atoms with Crippen LogP contribution in [0.2, 0.25) is 0 Å². The fraction of sp³-hybridized carbons (Fsp3) is 0.375. The summed E-state index contributed by atoms with van der Waals surface area (Å²) >= 11 is 0. The molecule has 0 amide bonds. The highest BCUT2D eigenvalue weighted by Crippen LogP contribution is 2.15. The largest absolute Gasteiger partial charge is 0.475 e. The number of hydrogen-bond donors (Lipinski definition) is 1. The fourth-order valence-electron chi connectivity index (χ4n) is 0.972. The maximum Gasteiger partial charge on any atom is 0.371 e. The van der Waals surface area contributed by atoms with E-state index >= 15 is 0 Å². The molecule has 0 spiro atoms. The van der Waals surface area contributed by atoms with Gasteiger partial charge in [-0.2, -0.15) is 0 Å². The fourth-order valence-corrected chi connectivity index (χ4v) is 2.20. The highest BCUT2D eigenvalue weighted by molar-refractivity contribution is 7.91. The Bertz CT molecular complexity index is 428. The molecule has 0 saturated carbocycles. The molecule has 0 bridgehead atoms. The van der Waals surface area contributed by atoms with Gasteiger partial charge in [0, 0.05) is 0 Å². The average Bonchev–Trinajstić information content (AvgIpc) is 2.51. The van der Waals surface area contributed by atoms with Crippen LogP contribution < -0.4 is 0 Å². The van der Waals surface area contributed by atoms with E-state index in [1.165, 1.54) is 0 Å². The van der Waals surface area contributed by atoms with Crippen LogP contribution in [0.3, 0.4) is 0 Å². The number of rotatable bonds is 4. The number of hydrogen-bond acceptors (Lipinski definition) is 4. The zero-order valence-electron chi connectivity index (χ0n) is 7.56. The summed E-state index contributed by atoms with van der Waals surface area (Å²) in [5.74, 6) is -1.68. The van der Waals surface area contributed by atoms with Gasteiger partial charge >= 0.3 is 5.97 Å². The summed E-state index contributed by atoms with van der Waals surface area (Å²) in [6.07, 6.45) is 0.464. The van der Waals surface area contributed by atoms with E-state index in [0.717, 1.165) is 12.1 Å². The van der Waals surface area contributed by atoms with Crippen molar-refractivity contribution in [2.45, 2.75) is 18.4 Å². The lowest BCUT2D eigenvalue weighted by atomic mass is 10.5. The normalized spacial score (nSPS) is 11.5. The molecule has 1 N–H and O–H groups in total. The summed E-state index contributed by atoms with van der Waals surface area (Å²) in [6, 6.07) is 2.29. The summed E-state index contributed by atoms with van der Waals surface area (Å²) in [4.78, 5) is 10.4. The first-order chi connectivity index (χ1) is 6.47. The zero-order chi connectivity index (χ0) is 10.8. The van der Waals surface area contributed by atoms with Crippen molar-refractivity contribution in [3.63, 3.8) is 0 Å². The second-order valence-corrected chi connectivity index (χ2v) is 4.78. The minimum absolute atomic E-state index is 0.0421. The first-order valence-corrected chi connectivity index (χ1v) is 5.68. The minimum Gasteiger partial charge on any atom is -0.475 e. The van der Waals surface area contributed by atoms with E-state index in [-0.39, 0.29) is 16.6 Å². The molecule has 0 aliphatic rings. The van der Waals surface area contributed by atoms with Gasteiger partial charge in [-0.1, -0.05) is 6.92 Å². The lowest BCUT2D eigenvalue weighted by molar-refractivity contribution is 0.0656. The first kappa shape index (κ1) is 10.8. The first-order valence-electron chi connectivity index (χ1n) is 4.03. The Kier molecular flexibility index (Phi) is 2.95. The molecule has 6 heteroatoms. The van der Waals surface area contributed by atoms with Crippen LogP contribution in [0, 0.1) is 0 Å². The number of carboxylic acids is 1. The molecule has 1 aromatic heterocycles. The van der Waals surface area contributed by atoms with Gasteiger partial charge in [0.05, 0.1) is 5.75 Å². The van der Waals surface area contributed by atoms with Crippen molar-refractivity contribution in [3.05, 3.63) is 17.9 Å². The van der Waals surface area contributed by atoms with Gasteiger partial charge in [-0.05, 0) is 18.6 Å². The summed E-state index contributed by atoms with van der Waals surface area (Å²) < 4.78 is 27.4. The van der Waals surface area contributed by atoms with E-state index in [0.29, 0.717) is 6.42 Å². The molecule has 1 heterocycles. The Morgan fingerprint density at radius 3 is 2.57 bits per heavy atom. The maximum atomic E-state index is 11.4. The van der Waals surface area contributed by atoms with Gasteiger partial charge in [-0.3, -0.25) is 0 Å². The summed E-state index contributed by atoms with van der Waals surface area (Å²) in [7, 11) is -3.45. The Balaban J connectivity index is 3.03. The molecule has 5 nitrogen and oxygen atoms in total. The van der Waals surface area contributed by atoms with Crippen molar-refractivity contribution in [3.8, 4) is 0 Å². The van der Waals surface area contributed by atoms with Crippen molar-refractivity contribution in [2.24, 2.45) is 0 Å². The number of sulfone groups is 1. The Morgan fingerprint density at radius 2 is 2.14 bits per heavy atom. The van der Waals surface area contributed by atoms with E-state index in [1.807, 2.05) is 0 Å². The molecule has 14 heavy (non-hydrogen) atoms. The van der Waals surface area contributed by atoms with Crippen LogP contribution in [0.25, 0.3) is 0 Å². The standard InChI is InChI=1S/C8H10O5S/c1-2-5-14(11,12)7-4-3-6(13-7)8(9)10/h3-4H,2,5H2,1H3,(H,9,10). The van der Waals surface area contributed by atoms with Crippen molar-refractivity contribution in [2.75, 3.05) is 5.75 Å². The van der Waals surface area contributed by atoms with Crippen LogP contribution in [0.1, 0.15) is 23.9 Å². The minimum atomic E-state index is -3.45. The van der Waals surface area contributed by atoms with Crippen LogP contribution in [0.5, 0.6) is 0 Å². The lowest BCUT2D eigenvalue weighted by Crippen LogP contribution is -2.04. The quantitative estimate of drug-likeness (QED) is 0.819. The van der Waals surface area contributed by atoms with Gasteiger partial charge in [-0.25, -0.2) is 13.2 Å². The van der Waals surface area contributed by atoms with E-state index in [2.05, 4.69) is 4.42 Å². The zero-order valence-corrected chi connectivity index (χ0v) is 8.37. The number of aromatic carboxylic acids is 1. The third-order valence-electron chi connectivity index (χ3n) is 1.57. The predicted octanol–water partition coefficient (Wildman–Crippen LogP) is 1.16. The topological polar surface area (TPSA) is 84.6 Å². The number of carboxylic acid groups (broad SMARTS) is 1. The second-order valence-electron chi connectivity index (χ2n) is 2.74. The third kappa shape index (κ3) is 2.14. The summed E-state index contributed by atoms with van der Waals surface area (Å²) in [5.41, 5.74) is 0. The molecule has 1 rings (SSSR count). The van der Waals surface area contributed by atoms with Crippen LogP contribution in [0.4, 0.5) is 0 Å². The lowest BCUT2D eigenvalue weighted by Gasteiger charge is -1.96. The molecular formula is C8H10O5S. The molecule has 0 fully saturated rings. The van der Waals surface area contributed by atoms with E-state index in [4.69, 9.17) is 5.11 Å². The van der Waals surface area contributed by atoms with E-state index in [1.54, 1.807) is 6.92 Å². The van der Waals surface area contributed by atoms with Gasteiger partial charge in [0.25, 0.3) is 0 Å². The maximum absolute atomic E-state index is 11.4. The summed E-state index contributed by atoms with van der Waals surface area (Å²) in [6.45, 7) is 1.72. The van der Waals surface area contributed by atoms with Crippen LogP contribution in [-0.2, 0) is 9.84 Å². The van der Waals surface area contributed by atoms with E-state index in [9.17, 15) is 13.2 Å². The summed E-state index contributed by atoms with van der Waals surface area (Å²) in [5, 5.41) is 8.22. The van der Waals surface area contributed by atoms with Crippen molar-refractivity contribution in [1.82, 2.24) is 0 Å². The third-order valence-corrected chi connectivity index (χ3v) is 3.35. The molecule has 0 unspecified atom stereocenters. The molecule has 0 aliphatic carbocycles. The molecule has 0 atom stereocenters. The number of furan rings is 1. The molecular weight excluding hydrogens is 208 g/mol. The van der Waals surface area contributed by atoms with Crippen LogP contribution in [-0.4, -0.2) is 25.2 Å². The molecule has 0 aliphatic heterocycles. The number of carbonyl (C=O) groups is 1. The van der Waals surface area contributed by atoms with Gasteiger partial charge < -0.3 is 9.52 Å². The van der Waals surface area contributed by atoms with E-state index < -0.39 is 15.8 Å². The van der Waals surface area contributed by atoms with Crippen molar-refractivity contribution >= 4 is 15.8 Å². The molecule has 1 aromatic rings. The molecule has 0 aromatic carbocycles. The van der Waals surface area contributed by atoms with Crippen molar-refractivity contribution < 1.29 is 22.7 Å². The Hall–Kier alpha value is -1.30. The van der Waals surface area contributed by atoms with Gasteiger partial charge in [0.15, 0.2) is 0 Å². The van der Waals surface area contributed by atoms with Crippen molar-refractivity contribution in [1.29, 1.82) is 0 Å². The Morgan fingerprint density at radius 1 is 1.50 bits per heavy atom. The highest BCUT2D eigenvalue weighted by atomic mass is 32.2. The monoisotopic (exact) mass is 218 g/mol. The Labute approximate surface area is 81.3 Å². The van der Waals surface area contributed by atoms with Crippen LogP contribution >= 0.6 is 0 Å². The molecule has 0 saturated heterocycles. The second kappa shape index (κ2) is 3.83. The van der Waals surface area contributed by atoms with Crippen LogP contribution in [0.15, 0.2) is 21.6 Å². The highest BCUT2D eigenvalue weighted by Gasteiger charge is 2.19. The van der Waals surface area contributed by atoms with Gasteiger partial charge in [-0.15, -0.1) is 0 Å². The predicted molar refractivity (Wildman–Crippen MR) is 48.0 cm³/mol.